The molecular formula is C12H12F3N3O2. The molecule has 0 spiro atoms. The number of ether oxygens (including phenoxy) is 1. The van der Waals surface area contributed by atoms with Gasteiger partial charge in [-0.05, 0) is 31.5 Å². The van der Waals surface area contributed by atoms with Crippen LogP contribution in [0.15, 0.2) is 23.3 Å². The van der Waals surface area contributed by atoms with Crippen molar-refractivity contribution in [1.29, 1.82) is 0 Å². The van der Waals surface area contributed by atoms with E-state index < -0.39 is 29.5 Å². The Morgan fingerprint density at radius 1 is 1.40 bits per heavy atom. The molecule has 1 aromatic carbocycles. The van der Waals surface area contributed by atoms with Gasteiger partial charge in [-0.2, -0.15) is 13.2 Å². The zero-order chi connectivity index (χ0) is 15.1. The van der Waals surface area contributed by atoms with E-state index >= 15 is 0 Å². The number of rotatable bonds is 1. The minimum atomic E-state index is -4.49. The quantitative estimate of drug-likeness (QED) is 0.486. The monoisotopic (exact) mass is 287 g/mol. The Kier molecular flexibility index (Phi) is 3.31. The topological polar surface area (TPSA) is 78.2 Å². The van der Waals surface area contributed by atoms with E-state index in [2.05, 4.69) is 10.0 Å². The standard InChI is InChI=1S/C12H12F3N3O2/c1-11(2)10(19)9(17-18-16)7-4-3-6(12(13,14)15)5-8(7)20-11/h3-5,9-10,19H,1-2H3. The second-order valence-electron chi connectivity index (χ2n) is 5.05. The third-order valence-corrected chi connectivity index (χ3v) is 3.22. The van der Waals surface area contributed by atoms with Gasteiger partial charge in [-0.1, -0.05) is 11.2 Å². The lowest BCUT2D eigenvalue weighted by Gasteiger charge is -2.40. The van der Waals surface area contributed by atoms with Crippen molar-refractivity contribution in [3.63, 3.8) is 0 Å². The normalized spacial score (nSPS) is 24.3. The number of benzene rings is 1. The Bertz CT molecular complexity index is 580. The van der Waals surface area contributed by atoms with Gasteiger partial charge in [0, 0.05) is 10.5 Å². The highest BCUT2D eigenvalue weighted by Gasteiger charge is 2.43. The number of alkyl halides is 3. The first kappa shape index (κ1) is 14.5. The average Bonchev–Trinajstić information content (AvgIpc) is 2.32. The molecule has 2 rings (SSSR count). The molecule has 0 aromatic heterocycles. The summed E-state index contributed by atoms with van der Waals surface area (Å²) < 4.78 is 43.5. The number of halogens is 3. The number of hydrogen-bond acceptors (Lipinski definition) is 3. The van der Waals surface area contributed by atoms with Gasteiger partial charge in [-0.3, -0.25) is 0 Å². The Morgan fingerprint density at radius 3 is 2.60 bits per heavy atom. The molecule has 1 aromatic rings. The number of azide groups is 1. The lowest BCUT2D eigenvalue weighted by atomic mass is 9.86. The minimum Gasteiger partial charge on any atom is -0.485 e. The summed E-state index contributed by atoms with van der Waals surface area (Å²) in [6.07, 6.45) is -5.64. The van der Waals surface area contributed by atoms with Crippen LogP contribution in [0.25, 0.3) is 10.4 Å². The van der Waals surface area contributed by atoms with Crippen LogP contribution in [-0.4, -0.2) is 16.8 Å². The van der Waals surface area contributed by atoms with E-state index in [9.17, 15) is 18.3 Å². The maximum atomic E-state index is 12.7. The van der Waals surface area contributed by atoms with Crippen molar-refractivity contribution < 1.29 is 23.0 Å². The molecule has 5 nitrogen and oxygen atoms in total. The van der Waals surface area contributed by atoms with Gasteiger partial charge in [0.1, 0.15) is 17.5 Å². The van der Waals surface area contributed by atoms with Crippen LogP contribution in [0.3, 0.4) is 0 Å². The Morgan fingerprint density at radius 2 is 2.05 bits per heavy atom. The van der Waals surface area contributed by atoms with Crippen molar-refractivity contribution in [2.75, 3.05) is 0 Å². The van der Waals surface area contributed by atoms with Gasteiger partial charge in [0.05, 0.1) is 11.6 Å². The van der Waals surface area contributed by atoms with Crippen LogP contribution in [-0.2, 0) is 6.18 Å². The number of nitrogens with zero attached hydrogens (tertiary/aromatic N) is 3. The minimum absolute atomic E-state index is 0.0347. The predicted octanol–water partition coefficient (Wildman–Crippen LogP) is 3.59. The van der Waals surface area contributed by atoms with Crippen LogP contribution in [0.2, 0.25) is 0 Å². The molecule has 1 heterocycles. The fraction of sp³-hybridized carbons (Fsp3) is 0.500. The molecule has 1 aliphatic heterocycles. The molecule has 0 amide bonds. The second-order valence-corrected chi connectivity index (χ2v) is 5.05. The summed E-state index contributed by atoms with van der Waals surface area (Å²) >= 11 is 0. The van der Waals surface area contributed by atoms with Crippen molar-refractivity contribution in [1.82, 2.24) is 0 Å². The molecular weight excluding hydrogens is 275 g/mol. The summed E-state index contributed by atoms with van der Waals surface area (Å²) in [6, 6.07) is 1.90. The van der Waals surface area contributed by atoms with Crippen molar-refractivity contribution in [2.45, 2.75) is 37.8 Å². The van der Waals surface area contributed by atoms with Crippen molar-refractivity contribution in [2.24, 2.45) is 5.11 Å². The molecule has 2 atom stereocenters. The van der Waals surface area contributed by atoms with Crippen LogP contribution in [0, 0.1) is 0 Å². The van der Waals surface area contributed by atoms with Crippen molar-refractivity contribution in [3.8, 4) is 5.75 Å². The third-order valence-electron chi connectivity index (χ3n) is 3.22. The first-order valence-electron chi connectivity index (χ1n) is 5.79. The van der Waals surface area contributed by atoms with Crippen LogP contribution in [0.1, 0.15) is 31.0 Å². The molecule has 0 bridgehead atoms. The summed E-state index contributed by atoms with van der Waals surface area (Å²) in [5, 5.41) is 13.6. The van der Waals surface area contributed by atoms with E-state index in [1.54, 1.807) is 0 Å². The first-order valence-corrected chi connectivity index (χ1v) is 5.79. The highest BCUT2D eigenvalue weighted by atomic mass is 19.4. The number of hydrogen-bond donors (Lipinski definition) is 1. The van der Waals surface area contributed by atoms with E-state index in [4.69, 9.17) is 10.3 Å². The number of aliphatic hydroxyl groups is 1. The molecule has 0 saturated heterocycles. The average molecular weight is 287 g/mol. The van der Waals surface area contributed by atoms with E-state index in [0.29, 0.717) is 0 Å². The molecule has 0 saturated carbocycles. The van der Waals surface area contributed by atoms with Crippen LogP contribution in [0.4, 0.5) is 13.2 Å². The van der Waals surface area contributed by atoms with Crippen molar-refractivity contribution >= 4 is 0 Å². The van der Waals surface area contributed by atoms with Gasteiger partial charge in [0.25, 0.3) is 0 Å². The van der Waals surface area contributed by atoms with Gasteiger partial charge in [-0.15, -0.1) is 0 Å². The Labute approximate surface area is 112 Å². The maximum absolute atomic E-state index is 12.7. The van der Waals surface area contributed by atoms with Crippen LogP contribution < -0.4 is 4.74 Å². The zero-order valence-corrected chi connectivity index (χ0v) is 10.7. The number of fused-ring (bicyclic) bond motifs is 1. The largest absolute Gasteiger partial charge is 0.485 e. The number of aliphatic hydroxyl groups excluding tert-OH is 1. The Hall–Kier alpha value is -1.92. The molecule has 20 heavy (non-hydrogen) atoms. The van der Waals surface area contributed by atoms with Gasteiger partial charge in [0.2, 0.25) is 0 Å². The fourth-order valence-electron chi connectivity index (χ4n) is 2.12. The summed E-state index contributed by atoms with van der Waals surface area (Å²) in [5.74, 6) is -0.0347. The summed E-state index contributed by atoms with van der Waals surface area (Å²) in [4.78, 5) is 2.63. The first-order chi connectivity index (χ1) is 9.16. The highest BCUT2D eigenvalue weighted by Crippen LogP contribution is 2.44. The fourth-order valence-corrected chi connectivity index (χ4v) is 2.12. The molecule has 0 fully saturated rings. The molecule has 1 N–H and O–H groups in total. The molecule has 0 aliphatic carbocycles. The van der Waals surface area contributed by atoms with E-state index in [-0.39, 0.29) is 11.3 Å². The molecule has 8 heteroatoms. The van der Waals surface area contributed by atoms with Crippen LogP contribution in [0.5, 0.6) is 5.75 Å². The summed E-state index contributed by atoms with van der Waals surface area (Å²) in [7, 11) is 0. The molecule has 0 radical (unpaired) electrons. The molecule has 2 unspecified atom stereocenters. The highest BCUT2D eigenvalue weighted by molar-refractivity contribution is 5.44. The van der Waals surface area contributed by atoms with Gasteiger partial charge in [-0.25, -0.2) is 0 Å². The van der Waals surface area contributed by atoms with Gasteiger partial charge in [0.15, 0.2) is 0 Å². The van der Waals surface area contributed by atoms with E-state index in [0.717, 1.165) is 18.2 Å². The second kappa shape index (κ2) is 4.57. The smallest absolute Gasteiger partial charge is 0.416 e. The SMILES string of the molecule is CC1(C)Oc2cc(C(F)(F)F)ccc2C(N=[N+]=[N-])C1O. The van der Waals surface area contributed by atoms with E-state index in [1.807, 2.05) is 0 Å². The van der Waals surface area contributed by atoms with Gasteiger partial charge >= 0.3 is 6.18 Å². The zero-order valence-electron chi connectivity index (χ0n) is 10.7. The lowest BCUT2D eigenvalue weighted by molar-refractivity contribution is -0.138. The predicted molar refractivity (Wildman–Crippen MR) is 64.0 cm³/mol. The van der Waals surface area contributed by atoms with Gasteiger partial charge < -0.3 is 9.84 Å². The summed E-state index contributed by atoms with van der Waals surface area (Å²) in [5.41, 5.74) is 6.77. The Balaban J connectivity index is 2.57. The maximum Gasteiger partial charge on any atom is 0.416 e. The molecule has 108 valence electrons. The third kappa shape index (κ3) is 2.39. The summed E-state index contributed by atoms with van der Waals surface area (Å²) in [6.45, 7) is 3.03. The van der Waals surface area contributed by atoms with Crippen molar-refractivity contribution in [3.05, 3.63) is 39.8 Å². The lowest BCUT2D eigenvalue weighted by Crippen LogP contribution is -2.48. The van der Waals surface area contributed by atoms with E-state index in [1.165, 1.54) is 13.8 Å². The van der Waals surface area contributed by atoms with Crippen LogP contribution >= 0.6 is 0 Å². The molecule has 1 aliphatic rings.